The van der Waals surface area contributed by atoms with E-state index < -0.39 is 0 Å². The van der Waals surface area contributed by atoms with Crippen molar-refractivity contribution >= 4 is 0 Å². The number of ether oxygens (including phenoxy) is 1. The Morgan fingerprint density at radius 2 is 2.29 bits per heavy atom. The van der Waals surface area contributed by atoms with Crippen molar-refractivity contribution in [3.8, 4) is 0 Å². The maximum Gasteiger partial charge on any atom is 0.0594 e. The Hall–Kier alpha value is -0.860. The summed E-state index contributed by atoms with van der Waals surface area (Å²) in [6, 6.07) is 9.33. The van der Waals surface area contributed by atoms with Crippen LogP contribution in [0.2, 0.25) is 0 Å². The summed E-state index contributed by atoms with van der Waals surface area (Å²) in [7, 11) is 2.05. The third-order valence-corrected chi connectivity index (χ3v) is 3.89. The van der Waals surface area contributed by atoms with Crippen molar-refractivity contribution in [3.05, 3.63) is 35.4 Å². The Kier molecular flexibility index (Phi) is 4.19. The van der Waals surface area contributed by atoms with Crippen LogP contribution in [0.1, 0.15) is 37.4 Å². The monoisotopic (exact) mass is 233 g/mol. The quantitative estimate of drug-likeness (QED) is 0.863. The van der Waals surface area contributed by atoms with Crippen LogP contribution in [-0.4, -0.2) is 19.8 Å². The van der Waals surface area contributed by atoms with Crippen molar-refractivity contribution in [1.82, 2.24) is 5.32 Å². The Bertz CT molecular complexity index is 364. The van der Waals surface area contributed by atoms with E-state index in [1.165, 1.54) is 11.1 Å². The predicted octanol–water partition coefficient (Wildman–Crippen LogP) is 2.93. The van der Waals surface area contributed by atoms with Crippen molar-refractivity contribution in [2.75, 3.05) is 13.7 Å². The second-order valence-corrected chi connectivity index (χ2v) is 4.89. The molecule has 94 valence electrons. The lowest BCUT2D eigenvalue weighted by Crippen LogP contribution is -2.29. The minimum Gasteiger partial charge on any atom is -0.378 e. The average Bonchev–Trinajstić information content (AvgIpc) is 2.77. The molecule has 0 radical (unpaired) electrons. The van der Waals surface area contributed by atoms with Crippen LogP contribution in [0, 0.1) is 5.92 Å². The topological polar surface area (TPSA) is 21.3 Å². The van der Waals surface area contributed by atoms with Gasteiger partial charge in [-0.2, -0.15) is 0 Å². The first-order valence-electron chi connectivity index (χ1n) is 6.64. The van der Waals surface area contributed by atoms with Gasteiger partial charge in [0.2, 0.25) is 0 Å². The molecule has 0 aromatic heterocycles. The molecule has 1 aromatic carbocycles. The van der Waals surface area contributed by atoms with Gasteiger partial charge in [0, 0.05) is 18.6 Å². The number of aryl methyl sites for hydroxylation is 1. The summed E-state index contributed by atoms with van der Waals surface area (Å²) in [5, 5.41) is 3.46. The highest BCUT2D eigenvalue weighted by Crippen LogP contribution is 2.33. The minimum atomic E-state index is 0.359. The van der Waals surface area contributed by atoms with Crippen molar-refractivity contribution < 1.29 is 4.74 Å². The van der Waals surface area contributed by atoms with Crippen LogP contribution in [0.3, 0.4) is 0 Å². The molecule has 1 aliphatic heterocycles. The van der Waals surface area contributed by atoms with Gasteiger partial charge in [0.15, 0.2) is 0 Å². The molecule has 0 spiro atoms. The zero-order valence-electron chi connectivity index (χ0n) is 11.1. The van der Waals surface area contributed by atoms with E-state index in [1.54, 1.807) is 0 Å². The summed E-state index contributed by atoms with van der Waals surface area (Å²) in [4.78, 5) is 0. The number of hydrogen-bond donors (Lipinski definition) is 1. The fourth-order valence-corrected chi connectivity index (χ4v) is 2.82. The third-order valence-electron chi connectivity index (χ3n) is 3.89. The van der Waals surface area contributed by atoms with E-state index in [-0.39, 0.29) is 0 Å². The molecule has 17 heavy (non-hydrogen) atoms. The van der Waals surface area contributed by atoms with E-state index in [1.807, 2.05) is 7.05 Å². The smallest absolute Gasteiger partial charge is 0.0594 e. The van der Waals surface area contributed by atoms with Gasteiger partial charge in [-0.05, 0) is 37.9 Å². The lowest BCUT2D eigenvalue weighted by atomic mass is 9.87. The van der Waals surface area contributed by atoms with Gasteiger partial charge in [0.25, 0.3) is 0 Å². The number of rotatable bonds is 4. The number of nitrogens with one attached hydrogen (secondary N) is 1. The first-order valence-corrected chi connectivity index (χ1v) is 6.64. The molecule has 0 saturated carbocycles. The predicted molar refractivity (Wildman–Crippen MR) is 71.1 cm³/mol. The maximum absolute atomic E-state index is 5.69. The first-order chi connectivity index (χ1) is 8.26. The largest absolute Gasteiger partial charge is 0.378 e. The van der Waals surface area contributed by atoms with E-state index in [2.05, 4.69) is 43.4 Å². The molecule has 1 saturated heterocycles. The molecule has 0 amide bonds. The Morgan fingerprint density at radius 3 is 2.88 bits per heavy atom. The second-order valence-electron chi connectivity index (χ2n) is 4.89. The van der Waals surface area contributed by atoms with E-state index >= 15 is 0 Å². The summed E-state index contributed by atoms with van der Waals surface area (Å²) in [6.07, 6.45) is 2.61. The van der Waals surface area contributed by atoms with Gasteiger partial charge in [-0.25, -0.2) is 0 Å². The molecule has 1 fully saturated rings. The van der Waals surface area contributed by atoms with Gasteiger partial charge < -0.3 is 10.1 Å². The standard InChI is InChI=1S/C15H23NO/c1-4-12-6-5-7-13(10-12)15(16-3)14-8-9-17-11(14)2/h5-7,10-11,14-16H,4,8-9H2,1-3H3. The van der Waals surface area contributed by atoms with E-state index in [0.29, 0.717) is 18.1 Å². The van der Waals surface area contributed by atoms with E-state index in [4.69, 9.17) is 4.74 Å². The summed E-state index contributed by atoms with van der Waals surface area (Å²) in [5.41, 5.74) is 2.81. The number of hydrogen-bond acceptors (Lipinski definition) is 2. The Labute approximate surface area is 104 Å². The Balaban J connectivity index is 2.21. The highest BCUT2D eigenvalue weighted by molar-refractivity contribution is 5.27. The van der Waals surface area contributed by atoms with Crippen molar-refractivity contribution in [3.63, 3.8) is 0 Å². The fraction of sp³-hybridized carbons (Fsp3) is 0.600. The fourth-order valence-electron chi connectivity index (χ4n) is 2.82. The number of benzene rings is 1. The molecule has 1 N–H and O–H groups in total. The molecule has 2 heteroatoms. The minimum absolute atomic E-state index is 0.359. The zero-order chi connectivity index (χ0) is 12.3. The normalized spacial score (nSPS) is 26.1. The SMILES string of the molecule is CCc1cccc(C(NC)C2CCOC2C)c1. The molecule has 2 nitrogen and oxygen atoms in total. The van der Waals surface area contributed by atoms with Crippen LogP contribution in [0.4, 0.5) is 0 Å². The van der Waals surface area contributed by atoms with Crippen LogP contribution in [0.5, 0.6) is 0 Å². The lowest BCUT2D eigenvalue weighted by Gasteiger charge is -2.26. The van der Waals surface area contributed by atoms with Gasteiger partial charge in [0.1, 0.15) is 0 Å². The zero-order valence-corrected chi connectivity index (χ0v) is 11.1. The molecule has 3 unspecified atom stereocenters. The molecule has 1 aliphatic rings. The van der Waals surface area contributed by atoms with Gasteiger partial charge in [0.05, 0.1) is 6.10 Å². The van der Waals surface area contributed by atoms with Crippen LogP contribution >= 0.6 is 0 Å². The van der Waals surface area contributed by atoms with Gasteiger partial charge in [-0.15, -0.1) is 0 Å². The third kappa shape index (κ3) is 2.70. The van der Waals surface area contributed by atoms with Crippen LogP contribution < -0.4 is 5.32 Å². The maximum atomic E-state index is 5.69. The lowest BCUT2D eigenvalue weighted by molar-refractivity contribution is 0.0963. The summed E-state index contributed by atoms with van der Waals surface area (Å²) < 4.78 is 5.69. The molecule has 0 bridgehead atoms. The molecule has 3 atom stereocenters. The molecule has 1 heterocycles. The van der Waals surface area contributed by atoms with Gasteiger partial charge in [-0.3, -0.25) is 0 Å². The molecule has 0 aliphatic carbocycles. The highest BCUT2D eigenvalue weighted by atomic mass is 16.5. The van der Waals surface area contributed by atoms with Crippen LogP contribution in [0.15, 0.2) is 24.3 Å². The van der Waals surface area contributed by atoms with Crippen LogP contribution in [-0.2, 0) is 11.2 Å². The van der Waals surface area contributed by atoms with E-state index in [0.717, 1.165) is 19.4 Å². The van der Waals surface area contributed by atoms with E-state index in [9.17, 15) is 0 Å². The molecular formula is C15H23NO. The molecular weight excluding hydrogens is 210 g/mol. The van der Waals surface area contributed by atoms with Gasteiger partial charge in [-0.1, -0.05) is 31.2 Å². The van der Waals surface area contributed by atoms with Gasteiger partial charge >= 0.3 is 0 Å². The first kappa shape index (κ1) is 12.6. The summed E-state index contributed by atoms with van der Waals surface area (Å²) in [6.45, 7) is 5.29. The summed E-state index contributed by atoms with van der Waals surface area (Å²) >= 11 is 0. The molecule has 1 aromatic rings. The second kappa shape index (κ2) is 5.65. The molecule has 2 rings (SSSR count). The average molecular weight is 233 g/mol. The highest BCUT2D eigenvalue weighted by Gasteiger charge is 2.31. The summed E-state index contributed by atoms with van der Waals surface area (Å²) in [5.74, 6) is 0.590. The van der Waals surface area contributed by atoms with Crippen molar-refractivity contribution in [2.45, 2.75) is 38.8 Å². The van der Waals surface area contributed by atoms with Crippen molar-refractivity contribution in [2.24, 2.45) is 5.92 Å². The van der Waals surface area contributed by atoms with Crippen LogP contribution in [0.25, 0.3) is 0 Å². The van der Waals surface area contributed by atoms with Crippen molar-refractivity contribution in [1.29, 1.82) is 0 Å². The Morgan fingerprint density at radius 1 is 1.47 bits per heavy atom.